The lowest BCUT2D eigenvalue weighted by Gasteiger charge is -2.33. The number of hydrogen-bond acceptors (Lipinski definition) is 4. The summed E-state index contributed by atoms with van der Waals surface area (Å²) >= 11 is 5.86. The van der Waals surface area contributed by atoms with Crippen molar-refractivity contribution < 1.29 is 12.8 Å². The Labute approximate surface area is 186 Å². The first-order chi connectivity index (χ1) is 14.7. The SMILES string of the molecule is CCn1cc(S(=O)(=O)c2ccc(Cl)cc2)c(=O)c2cc(F)c(N3CCC[C@H](C)C3)cc21. The molecule has 1 aliphatic rings. The fourth-order valence-corrected chi connectivity index (χ4v) is 5.71. The average Bonchev–Trinajstić information content (AvgIpc) is 2.74. The minimum Gasteiger partial charge on any atom is -0.369 e. The van der Waals surface area contributed by atoms with Crippen LogP contribution < -0.4 is 10.3 Å². The van der Waals surface area contributed by atoms with Gasteiger partial charge in [0.25, 0.3) is 0 Å². The average molecular weight is 463 g/mol. The second kappa shape index (κ2) is 8.28. The van der Waals surface area contributed by atoms with E-state index in [1.165, 1.54) is 36.5 Å². The number of nitrogens with zero attached hydrogens (tertiary/aromatic N) is 2. The molecular weight excluding hydrogens is 439 g/mol. The van der Waals surface area contributed by atoms with Crippen LogP contribution in [0.4, 0.5) is 10.1 Å². The number of pyridine rings is 1. The number of rotatable bonds is 4. The van der Waals surface area contributed by atoms with E-state index in [0.717, 1.165) is 25.9 Å². The number of aromatic nitrogens is 1. The molecule has 2 aromatic carbocycles. The van der Waals surface area contributed by atoms with E-state index < -0.39 is 21.1 Å². The van der Waals surface area contributed by atoms with Crippen LogP contribution in [0.25, 0.3) is 10.9 Å². The maximum Gasteiger partial charge on any atom is 0.211 e. The number of halogens is 2. The molecule has 1 atom stereocenters. The lowest BCUT2D eigenvalue weighted by molar-refractivity contribution is 0.442. The van der Waals surface area contributed by atoms with Gasteiger partial charge in [-0.05, 0) is 62.1 Å². The summed E-state index contributed by atoms with van der Waals surface area (Å²) in [5.74, 6) is -0.0495. The molecule has 0 unspecified atom stereocenters. The summed E-state index contributed by atoms with van der Waals surface area (Å²) in [4.78, 5) is 14.8. The summed E-state index contributed by atoms with van der Waals surface area (Å²) in [7, 11) is -4.09. The summed E-state index contributed by atoms with van der Waals surface area (Å²) in [5, 5.41) is 0.452. The number of fused-ring (bicyclic) bond motifs is 1. The molecule has 0 aliphatic carbocycles. The highest BCUT2D eigenvalue weighted by atomic mass is 35.5. The van der Waals surface area contributed by atoms with Crippen LogP contribution in [0, 0.1) is 11.7 Å². The van der Waals surface area contributed by atoms with E-state index in [1.807, 2.05) is 11.8 Å². The Morgan fingerprint density at radius 1 is 1.19 bits per heavy atom. The highest BCUT2D eigenvalue weighted by Crippen LogP contribution is 2.30. The van der Waals surface area contributed by atoms with Gasteiger partial charge < -0.3 is 9.47 Å². The van der Waals surface area contributed by atoms with Crippen molar-refractivity contribution in [2.75, 3.05) is 18.0 Å². The van der Waals surface area contributed by atoms with Crippen LogP contribution in [0.15, 0.2) is 57.2 Å². The number of benzene rings is 2. The van der Waals surface area contributed by atoms with E-state index in [0.29, 0.717) is 28.7 Å². The lowest BCUT2D eigenvalue weighted by atomic mass is 9.99. The molecule has 3 aromatic rings. The first-order valence-corrected chi connectivity index (χ1v) is 12.2. The number of hydrogen-bond donors (Lipinski definition) is 0. The number of piperidine rings is 1. The van der Waals surface area contributed by atoms with E-state index in [1.54, 1.807) is 10.6 Å². The zero-order chi connectivity index (χ0) is 22.3. The van der Waals surface area contributed by atoms with E-state index in [4.69, 9.17) is 11.6 Å². The third-order valence-corrected chi connectivity index (χ3v) is 7.88. The van der Waals surface area contributed by atoms with Gasteiger partial charge in [-0.25, -0.2) is 12.8 Å². The van der Waals surface area contributed by atoms with Crippen LogP contribution >= 0.6 is 11.6 Å². The van der Waals surface area contributed by atoms with Gasteiger partial charge in [0.05, 0.1) is 21.5 Å². The van der Waals surface area contributed by atoms with Crippen molar-refractivity contribution in [3.63, 3.8) is 0 Å². The van der Waals surface area contributed by atoms with E-state index >= 15 is 4.39 Å². The molecule has 0 spiro atoms. The first-order valence-electron chi connectivity index (χ1n) is 10.3. The van der Waals surface area contributed by atoms with Crippen LogP contribution in [-0.4, -0.2) is 26.1 Å². The van der Waals surface area contributed by atoms with Crippen molar-refractivity contribution in [1.29, 1.82) is 0 Å². The van der Waals surface area contributed by atoms with Gasteiger partial charge in [0, 0.05) is 30.9 Å². The molecule has 164 valence electrons. The topological polar surface area (TPSA) is 59.4 Å². The number of sulfone groups is 1. The van der Waals surface area contributed by atoms with Gasteiger partial charge in [-0.2, -0.15) is 0 Å². The highest BCUT2D eigenvalue weighted by Gasteiger charge is 2.26. The Bertz CT molecular complexity index is 1300. The smallest absolute Gasteiger partial charge is 0.211 e. The molecule has 2 heterocycles. The summed E-state index contributed by atoms with van der Waals surface area (Å²) in [6.45, 7) is 5.94. The summed E-state index contributed by atoms with van der Waals surface area (Å²) < 4.78 is 43.1. The van der Waals surface area contributed by atoms with Crippen LogP contribution in [0.2, 0.25) is 5.02 Å². The Morgan fingerprint density at radius 3 is 2.55 bits per heavy atom. The predicted octanol–water partition coefficient (Wildman–Crippen LogP) is 4.88. The van der Waals surface area contributed by atoms with Crippen LogP contribution in [0.5, 0.6) is 0 Å². The fourth-order valence-electron chi connectivity index (χ4n) is 4.22. The largest absolute Gasteiger partial charge is 0.369 e. The zero-order valence-electron chi connectivity index (χ0n) is 17.4. The lowest BCUT2D eigenvalue weighted by Crippen LogP contribution is -2.35. The van der Waals surface area contributed by atoms with Gasteiger partial charge in [-0.15, -0.1) is 0 Å². The Kier molecular flexibility index (Phi) is 5.83. The quantitative estimate of drug-likeness (QED) is 0.554. The van der Waals surface area contributed by atoms with Gasteiger partial charge in [0.2, 0.25) is 15.3 Å². The molecule has 0 saturated carbocycles. The molecule has 0 radical (unpaired) electrons. The van der Waals surface area contributed by atoms with Crippen molar-refractivity contribution in [3.8, 4) is 0 Å². The Morgan fingerprint density at radius 2 is 1.90 bits per heavy atom. The standard InChI is InChI=1S/C23H24ClFN2O3S/c1-3-26-14-22(31(29,30)17-8-6-16(24)7-9-17)23(28)18-11-19(25)21(12-20(18)26)27-10-4-5-15(2)13-27/h6-9,11-12,14-15H,3-5,10,13H2,1-2H3/t15-/m0/s1. The summed E-state index contributed by atoms with van der Waals surface area (Å²) in [6, 6.07) is 8.49. The van der Waals surface area contributed by atoms with Crippen molar-refractivity contribution in [3.05, 3.63) is 63.7 Å². The van der Waals surface area contributed by atoms with E-state index in [2.05, 4.69) is 6.92 Å². The summed E-state index contributed by atoms with van der Waals surface area (Å²) in [6.07, 6.45) is 3.45. The van der Waals surface area contributed by atoms with Crippen molar-refractivity contribution in [2.45, 2.75) is 43.0 Å². The minimum absolute atomic E-state index is 0.0320. The molecule has 0 amide bonds. The molecule has 8 heteroatoms. The minimum atomic E-state index is -4.09. The zero-order valence-corrected chi connectivity index (χ0v) is 19.0. The van der Waals surface area contributed by atoms with Crippen molar-refractivity contribution in [1.82, 2.24) is 4.57 Å². The van der Waals surface area contributed by atoms with E-state index in [9.17, 15) is 13.2 Å². The number of anilines is 1. The van der Waals surface area contributed by atoms with Crippen LogP contribution in [-0.2, 0) is 16.4 Å². The predicted molar refractivity (Wildman–Crippen MR) is 121 cm³/mol. The van der Waals surface area contributed by atoms with Crippen molar-refractivity contribution in [2.24, 2.45) is 5.92 Å². The Hall–Kier alpha value is -2.38. The third kappa shape index (κ3) is 3.96. The first kappa shape index (κ1) is 21.8. The molecule has 1 saturated heterocycles. The molecule has 5 nitrogen and oxygen atoms in total. The number of aryl methyl sites for hydroxylation is 1. The summed E-state index contributed by atoms with van der Waals surface area (Å²) in [5.41, 5.74) is 0.276. The molecule has 31 heavy (non-hydrogen) atoms. The van der Waals surface area contributed by atoms with Crippen molar-refractivity contribution >= 4 is 38.0 Å². The molecule has 1 fully saturated rings. The molecular formula is C23H24ClFN2O3S. The van der Waals surface area contributed by atoms with E-state index in [-0.39, 0.29) is 15.2 Å². The third-order valence-electron chi connectivity index (χ3n) is 5.87. The van der Waals surface area contributed by atoms with Gasteiger partial charge >= 0.3 is 0 Å². The fraction of sp³-hybridized carbons (Fsp3) is 0.348. The molecule has 4 rings (SSSR count). The van der Waals surface area contributed by atoms with Gasteiger partial charge in [0.15, 0.2) is 0 Å². The van der Waals surface area contributed by atoms with Gasteiger partial charge in [-0.1, -0.05) is 18.5 Å². The maximum atomic E-state index is 15.1. The second-order valence-corrected chi connectivity index (χ2v) is 10.4. The molecule has 1 aromatic heterocycles. The van der Waals surface area contributed by atoms with Gasteiger partial charge in [-0.3, -0.25) is 4.79 Å². The molecule has 1 aliphatic heterocycles. The maximum absolute atomic E-state index is 15.1. The molecule has 0 bridgehead atoms. The van der Waals surface area contributed by atoms with Crippen LogP contribution in [0.3, 0.4) is 0 Å². The van der Waals surface area contributed by atoms with Gasteiger partial charge in [0.1, 0.15) is 10.7 Å². The second-order valence-electron chi connectivity index (χ2n) is 8.08. The van der Waals surface area contributed by atoms with Crippen LogP contribution in [0.1, 0.15) is 26.7 Å². The Balaban J connectivity index is 1.91. The monoisotopic (exact) mass is 462 g/mol. The normalized spacial score (nSPS) is 17.3. The highest BCUT2D eigenvalue weighted by molar-refractivity contribution is 7.91. The molecule has 0 N–H and O–H groups in total.